The molecule has 0 amide bonds. The molecule has 1 aromatic carbocycles. The zero-order valence-corrected chi connectivity index (χ0v) is 16.1. The van der Waals surface area contributed by atoms with Crippen molar-refractivity contribution >= 4 is 11.7 Å². The summed E-state index contributed by atoms with van der Waals surface area (Å²) in [5.41, 5.74) is -4.68. The number of hydrogen-bond acceptors (Lipinski definition) is 5. The van der Waals surface area contributed by atoms with Gasteiger partial charge in [-0.2, -0.15) is 26.3 Å². The molecular formula is C21H14F6N4O. The first-order chi connectivity index (χ1) is 15.1. The Morgan fingerprint density at radius 3 is 1.94 bits per heavy atom. The molecule has 11 heteroatoms. The van der Waals surface area contributed by atoms with Crippen LogP contribution in [0.2, 0.25) is 0 Å². The van der Waals surface area contributed by atoms with Crippen molar-refractivity contribution in [3.8, 4) is 0 Å². The zero-order chi connectivity index (χ0) is 23.0. The highest BCUT2D eigenvalue weighted by Crippen LogP contribution is 2.49. The maximum absolute atomic E-state index is 14.0. The number of aromatic nitrogens is 1. The molecule has 0 bridgehead atoms. The summed E-state index contributed by atoms with van der Waals surface area (Å²) < 4.78 is 89.2. The molecule has 166 valence electrons. The first kappa shape index (κ1) is 21.6. The van der Waals surface area contributed by atoms with E-state index < -0.39 is 29.7 Å². The Labute approximate surface area is 177 Å². The van der Waals surface area contributed by atoms with Gasteiger partial charge in [-0.25, -0.2) is 9.98 Å². The fourth-order valence-corrected chi connectivity index (χ4v) is 3.20. The molecule has 3 heterocycles. The molecule has 0 N–H and O–H groups in total. The van der Waals surface area contributed by atoms with E-state index in [1.54, 1.807) is 18.2 Å². The van der Waals surface area contributed by atoms with Crippen LogP contribution in [0.1, 0.15) is 16.9 Å². The molecule has 0 aliphatic carbocycles. The van der Waals surface area contributed by atoms with Crippen LogP contribution in [0.25, 0.3) is 0 Å². The summed E-state index contributed by atoms with van der Waals surface area (Å²) in [5, 5.41) is 0. The van der Waals surface area contributed by atoms with Gasteiger partial charge >= 0.3 is 18.0 Å². The predicted octanol–water partition coefficient (Wildman–Crippen LogP) is 5.20. The van der Waals surface area contributed by atoms with Crippen LogP contribution in [0.5, 0.6) is 0 Å². The van der Waals surface area contributed by atoms with E-state index in [1.807, 2.05) is 0 Å². The summed E-state index contributed by atoms with van der Waals surface area (Å²) in [6.45, 7) is -0.208. The molecule has 4 rings (SSSR count). The van der Waals surface area contributed by atoms with Crippen molar-refractivity contribution in [2.24, 2.45) is 9.98 Å². The average Bonchev–Trinajstić information content (AvgIpc) is 3.26. The van der Waals surface area contributed by atoms with Crippen LogP contribution in [0, 0.1) is 0 Å². The molecule has 2 aromatic heterocycles. The van der Waals surface area contributed by atoms with E-state index in [0.717, 1.165) is 11.1 Å². The number of halogens is 6. The maximum Gasteiger partial charge on any atom is 0.443 e. The number of nitrogens with zero attached hydrogens (tertiary/aromatic N) is 4. The molecule has 1 aliphatic rings. The van der Waals surface area contributed by atoms with Gasteiger partial charge in [0.2, 0.25) is 0 Å². The number of rotatable bonds is 4. The molecule has 5 nitrogen and oxygen atoms in total. The lowest BCUT2D eigenvalue weighted by Crippen LogP contribution is -2.59. The molecule has 0 unspecified atom stereocenters. The largest absolute Gasteiger partial charge is 0.467 e. The normalized spacial score (nSPS) is 16.5. The van der Waals surface area contributed by atoms with Crippen molar-refractivity contribution in [3.05, 3.63) is 90.1 Å². The summed E-state index contributed by atoms with van der Waals surface area (Å²) >= 11 is 0. The van der Waals surface area contributed by atoms with E-state index in [4.69, 9.17) is 4.42 Å². The topological polar surface area (TPSA) is 54.0 Å². The number of hydrogen-bond donors (Lipinski definition) is 0. The molecule has 3 aromatic rings. The predicted molar refractivity (Wildman–Crippen MR) is 103 cm³/mol. The Kier molecular flexibility index (Phi) is 5.27. The first-order valence-corrected chi connectivity index (χ1v) is 9.21. The average molecular weight is 452 g/mol. The number of benzene rings is 1. The van der Waals surface area contributed by atoms with Crippen LogP contribution in [0.15, 0.2) is 87.7 Å². The molecule has 1 aliphatic heterocycles. The zero-order valence-electron chi connectivity index (χ0n) is 16.1. The molecular weight excluding hydrogens is 438 g/mol. The summed E-state index contributed by atoms with van der Waals surface area (Å²) in [6, 6.07) is 13.1. The van der Waals surface area contributed by atoms with Gasteiger partial charge in [0, 0.05) is 23.5 Å². The van der Waals surface area contributed by atoms with Crippen molar-refractivity contribution in [2.45, 2.75) is 24.6 Å². The number of aliphatic imine (C=N–C) groups is 2. The Bertz CT molecular complexity index is 1050. The number of pyridine rings is 1. The van der Waals surface area contributed by atoms with E-state index >= 15 is 0 Å². The van der Waals surface area contributed by atoms with Crippen LogP contribution in [0.3, 0.4) is 0 Å². The monoisotopic (exact) mass is 452 g/mol. The van der Waals surface area contributed by atoms with Crippen LogP contribution >= 0.6 is 0 Å². The lowest BCUT2D eigenvalue weighted by atomic mass is 10.1. The third kappa shape index (κ3) is 3.74. The quantitative estimate of drug-likeness (QED) is 0.511. The lowest BCUT2D eigenvalue weighted by molar-refractivity contribution is -0.293. The van der Waals surface area contributed by atoms with Gasteiger partial charge in [-0.1, -0.05) is 30.3 Å². The Hall–Kier alpha value is -3.63. The van der Waals surface area contributed by atoms with Crippen LogP contribution in [0.4, 0.5) is 26.3 Å². The standard InChI is InChI=1S/C21H14F6N4O/c22-20(23,24)19(21(25,26)27)29-17(14-6-2-1-3-7-14)31(13-16-9-5-11-32-16)18(30-19)15-8-4-10-28-12-15/h1-12H,13H2. The smallest absolute Gasteiger partial charge is 0.443 e. The van der Waals surface area contributed by atoms with Gasteiger partial charge in [-0.15, -0.1) is 0 Å². The number of alkyl halides is 6. The molecule has 0 radical (unpaired) electrons. The second kappa shape index (κ2) is 7.81. The second-order valence-corrected chi connectivity index (χ2v) is 6.81. The van der Waals surface area contributed by atoms with E-state index in [-0.39, 0.29) is 23.4 Å². The highest BCUT2D eigenvalue weighted by molar-refractivity contribution is 6.16. The fraction of sp³-hybridized carbons (Fsp3) is 0.190. The lowest BCUT2D eigenvalue weighted by Gasteiger charge is -2.39. The van der Waals surface area contributed by atoms with Gasteiger partial charge in [0.05, 0.1) is 12.8 Å². The van der Waals surface area contributed by atoms with Gasteiger partial charge < -0.3 is 9.32 Å². The molecule has 0 fully saturated rings. The summed E-state index contributed by atoms with van der Waals surface area (Å²) in [7, 11) is 0. The Balaban J connectivity index is 2.02. The number of furan rings is 1. The summed E-state index contributed by atoms with van der Waals surface area (Å²) in [6.07, 6.45) is -7.88. The second-order valence-electron chi connectivity index (χ2n) is 6.81. The minimum Gasteiger partial charge on any atom is -0.467 e. The highest BCUT2D eigenvalue weighted by atomic mass is 19.4. The number of amidine groups is 2. The summed E-state index contributed by atoms with van der Waals surface area (Å²) in [5.74, 6) is -0.847. The van der Waals surface area contributed by atoms with E-state index in [2.05, 4.69) is 15.0 Å². The minimum absolute atomic E-state index is 0.0414. The Morgan fingerprint density at radius 1 is 0.781 bits per heavy atom. The van der Waals surface area contributed by atoms with E-state index in [1.165, 1.54) is 48.9 Å². The van der Waals surface area contributed by atoms with Crippen molar-refractivity contribution in [1.29, 1.82) is 0 Å². The van der Waals surface area contributed by atoms with Crippen molar-refractivity contribution in [2.75, 3.05) is 0 Å². The van der Waals surface area contributed by atoms with Gasteiger partial charge in [0.15, 0.2) is 0 Å². The third-order valence-electron chi connectivity index (χ3n) is 4.68. The van der Waals surface area contributed by atoms with Gasteiger partial charge in [0.25, 0.3) is 0 Å². The third-order valence-corrected chi connectivity index (χ3v) is 4.68. The van der Waals surface area contributed by atoms with Crippen LogP contribution in [-0.4, -0.2) is 39.6 Å². The summed E-state index contributed by atoms with van der Waals surface area (Å²) in [4.78, 5) is 11.4. The Morgan fingerprint density at radius 2 is 1.41 bits per heavy atom. The highest BCUT2D eigenvalue weighted by Gasteiger charge is 2.74. The SMILES string of the molecule is FC(F)(F)C1(C(F)(F)F)N=C(c2ccccc2)N(Cc2ccco2)C(c2cccnc2)=N1. The fourth-order valence-electron chi connectivity index (χ4n) is 3.20. The molecule has 32 heavy (non-hydrogen) atoms. The van der Waals surface area contributed by atoms with Crippen LogP contribution < -0.4 is 0 Å². The van der Waals surface area contributed by atoms with E-state index in [9.17, 15) is 26.3 Å². The van der Waals surface area contributed by atoms with Gasteiger partial charge in [-0.05, 0) is 24.3 Å². The van der Waals surface area contributed by atoms with Gasteiger partial charge in [0.1, 0.15) is 17.4 Å². The van der Waals surface area contributed by atoms with Crippen molar-refractivity contribution in [1.82, 2.24) is 9.88 Å². The maximum atomic E-state index is 14.0. The van der Waals surface area contributed by atoms with Crippen LogP contribution in [-0.2, 0) is 6.54 Å². The van der Waals surface area contributed by atoms with Crippen molar-refractivity contribution < 1.29 is 30.8 Å². The molecule has 0 spiro atoms. The minimum atomic E-state index is -5.85. The molecule has 0 saturated carbocycles. The molecule has 0 saturated heterocycles. The first-order valence-electron chi connectivity index (χ1n) is 9.21. The molecule has 0 atom stereocenters. The van der Waals surface area contributed by atoms with Crippen molar-refractivity contribution in [3.63, 3.8) is 0 Å². The van der Waals surface area contributed by atoms with E-state index in [0.29, 0.717) is 0 Å². The van der Waals surface area contributed by atoms with Gasteiger partial charge in [-0.3, -0.25) is 4.98 Å².